The summed E-state index contributed by atoms with van der Waals surface area (Å²) in [6.45, 7) is 1.23. The topological polar surface area (TPSA) is 77.3 Å². The van der Waals surface area contributed by atoms with E-state index in [1.165, 1.54) is 6.92 Å². The van der Waals surface area contributed by atoms with Crippen LogP contribution in [-0.2, 0) is 9.05 Å². The number of hydrogen-bond donors (Lipinski definition) is 0. The second kappa shape index (κ2) is 4.53. The Hall–Kier alpha value is -1.28. The summed E-state index contributed by atoms with van der Waals surface area (Å²) < 4.78 is 47.6. The predicted octanol–water partition coefficient (Wildman–Crippen LogP) is 2.77. The Morgan fingerprint density at radius 2 is 1.94 bits per heavy atom. The number of aryl methyl sites for hydroxylation is 1. The van der Waals surface area contributed by atoms with E-state index in [0.717, 1.165) is 12.1 Å². The second-order valence-corrected chi connectivity index (χ2v) is 5.67. The molecule has 0 bridgehead atoms. The first kappa shape index (κ1) is 13.8. The molecule has 9 heteroatoms. The van der Waals surface area contributed by atoms with Crippen molar-refractivity contribution < 1.29 is 22.1 Å². The van der Waals surface area contributed by atoms with Gasteiger partial charge in [-0.1, -0.05) is 6.07 Å². The fourth-order valence-electron chi connectivity index (χ4n) is 1.36. The maximum absolute atomic E-state index is 12.7. The highest BCUT2D eigenvalue weighted by atomic mass is 35.7. The average Bonchev–Trinajstić information content (AvgIpc) is 2.14. The molecule has 5 nitrogen and oxygen atoms in total. The van der Waals surface area contributed by atoms with Gasteiger partial charge in [0.25, 0.3) is 21.2 Å². The lowest BCUT2D eigenvalue weighted by atomic mass is 10.1. The molecule has 0 amide bonds. The number of nitrogens with zero attached hydrogens (tertiary/aromatic N) is 1. The molecule has 94 valence electrons. The summed E-state index contributed by atoms with van der Waals surface area (Å²) in [4.78, 5) is 8.67. The Balaban J connectivity index is 3.78. The first-order chi connectivity index (χ1) is 7.66. The van der Waals surface area contributed by atoms with Gasteiger partial charge in [-0.3, -0.25) is 10.1 Å². The third-order valence-corrected chi connectivity index (χ3v) is 3.42. The van der Waals surface area contributed by atoms with Gasteiger partial charge in [-0.15, -0.1) is 0 Å². The van der Waals surface area contributed by atoms with Gasteiger partial charge in [-0.05, 0) is 13.0 Å². The summed E-state index contributed by atoms with van der Waals surface area (Å²) in [7, 11) is 0.490. The molecule has 0 unspecified atom stereocenters. The number of alkyl halides is 2. The van der Waals surface area contributed by atoms with Gasteiger partial charge in [0.1, 0.15) is 5.56 Å². The molecule has 0 saturated carbocycles. The van der Waals surface area contributed by atoms with E-state index in [1.807, 2.05) is 0 Å². The molecule has 0 aliphatic carbocycles. The van der Waals surface area contributed by atoms with E-state index >= 15 is 0 Å². The van der Waals surface area contributed by atoms with Crippen LogP contribution in [0.25, 0.3) is 0 Å². The fourth-order valence-corrected chi connectivity index (χ4v) is 2.45. The minimum absolute atomic E-state index is 0.0608. The summed E-state index contributed by atoms with van der Waals surface area (Å²) in [5, 5.41) is 10.7. The van der Waals surface area contributed by atoms with Crippen molar-refractivity contribution in [3.8, 4) is 0 Å². The zero-order valence-electron chi connectivity index (χ0n) is 8.35. The first-order valence-corrected chi connectivity index (χ1v) is 6.48. The number of benzene rings is 1. The van der Waals surface area contributed by atoms with Crippen LogP contribution in [0.5, 0.6) is 0 Å². The fraction of sp³-hybridized carbons (Fsp3) is 0.250. The lowest BCUT2D eigenvalue weighted by Gasteiger charge is -2.08. The summed E-state index contributed by atoms with van der Waals surface area (Å²) in [6, 6.07) is 1.88. The van der Waals surface area contributed by atoms with Crippen molar-refractivity contribution in [1.29, 1.82) is 0 Å². The molecular weight excluding hydrogens is 280 g/mol. The molecule has 0 spiro atoms. The molecule has 1 aromatic rings. The highest BCUT2D eigenvalue weighted by Crippen LogP contribution is 2.37. The maximum Gasteiger partial charge on any atom is 0.282 e. The standard InChI is InChI=1S/C8H6ClF2NO4S/c1-4-2-3-5(17(9,15)16)6(8(10)11)7(4)12(13)14/h2-3,8H,1H3. The van der Waals surface area contributed by atoms with Gasteiger partial charge >= 0.3 is 0 Å². The first-order valence-electron chi connectivity index (χ1n) is 4.17. The van der Waals surface area contributed by atoms with Crippen LogP contribution in [0.1, 0.15) is 17.6 Å². The summed E-state index contributed by atoms with van der Waals surface area (Å²) >= 11 is 0. The summed E-state index contributed by atoms with van der Waals surface area (Å²) in [5.74, 6) is 0. The van der Waals surface area contributed by atoms with Crippen LogP contribution in [0, 0.1) is 17.0 Å². The molecule has 1 aromatic carbocycles. The molecule has 0 saturated heterocycles. The minimum Gasteiger partial charge on any atom is -0.258 e. The Morgan fingerprint density at radius 3 is 2.29 bits per heavy atom. The minimum atomic E-state index is -4.46. The number of halogens is 3. The normalized spacial score (nSPS) is 11.8. The number of nitro benzene ring substituents is 1. The molecule has 0 fully saturated rings. The second-order valence-electron chi connectivity index (χ2n) is 3.14. The van der Waals surface area contributed by atoms with Gasteiger partial charge in [-0.25, -0.2) is 17.2 Å². The van der Waals surface area contributed by atoms with Gasteiger partial charge in [0.2, 0.25) is 0 Å². The van der Waals surface area contributed by atoms with Crippen molar-refractivity contribution in [3.05, 3.63) is 33.4 Å². The van der Waals surface area contributed by atoms with E-state index in [1.54, 1.807) is 0 Å². The molecule has 0 aliphatic rings. The lowest BCUT2D eigenvalue weighted by molar-refractivity contribution is -0.387. The third kappa shape index (κ3) is 2.70. The van der Waals surface area contributed by atoms with Crippen molar-refractivity contribution in [3.63, 3.8) is 0 Å². The van der Waals surface area contributed by atoms with Gasteiger partial charge in [0, 0.05) is 16.2 Å². The molecule has 0 atom stereocenters. The third-order valence-electron chi connectivity index (χ3n) is 2.04. The Kier molecular flexibility index (Phi) is 3.68. The Bertz CT molecular complexity index is 573. The highest BCUT2D eigenvalue weighted by Gasteiger charge is 2.32. The van der Waals surface area contributed by atoms with E-state index < -0.39 is 36.5 Å². The zero-order chi connectivity index (χ0) is 13.4. The molecular formula is C8H6ClF2NO4S. The molecule has 1 rings (SSSR count). The largest absolute Gasteiger partial charge is 0.282 e. The predicted molar refractivity (Wildman–Crippen MR) is 55.8 cm³/mol. The number of rotatable bonds is 3. The molecule has 0 N–H and O–H groups in total. The molecule has 0 aliphatic heterocycles. The summed E-state index contributed by atoms with van der Waals surface area (Å²) in [5.41, 5.74) is -2.17. The van der Waals surface area contributed by atoms with E-state index in [2.05, 4.69) is 0 Å². The molecule has 0 heterocycles. The monoisotopic (exact) mass is 285 g/mol. The maximum atomic E-state index is 12.7. The van der Waals surface area contributed by atoms with Crippen molar-refractivity contribution >= 4 is 25.4 Å². The zero-order valence-corrected chi connectivity index (χ0v) is 9.93. The van der Waals surface area contributed by atoms with Crippen molar-refractivity contribution in [2.45, 2.75) is 18.2 Å². The van der Waals surface area contributed by atoms with Crippen LogP contribution < -0.4 is 0 Å². The van der Waals surface area contributed by atoms with Gasteiger partial charge in [0.15, 0.2) is 0 Å². The van der Waals surface area contributed by atoms with Gasteiger partial charge < -0.3 is 0 Å². The van der Waals surface area contributed by atoms with Crippen LogP contribution in [0.15, 0.2) is 17.0 Å². The average molecular weight is 286 g/mol. The molecule has 17 heavy (non-hydrogen) atoms. The highest BCUT2D eigenvalue weighted by molar-refractivity contribution is 8.13. The van der Waals surface area contributed by atoms with Crippen LogP contribution in [0.3, 0.4) is 0 Å². The van der Waals surface area contributed by atoms with Crippen LogP contribution in [0.4, 0.5) is 14.5 Å². The van der Waals surface area contributed by atoms with E-state index in [4.69, 9.17) is 10.7 Å². The smallest absolute Gasteiger partial charge is 0.258 e. The quantitative estimate of drug-likeness (QED) is 0.486. The summed E-state index contributed by atoms with van der Waals surface area (Å²) in [6.07, 6.45) is -3.31. The van der Waals surface area contributed by atoms with E-state index in [-0.39, 0.29) is 5.56 Å². The SMILES string of the molecule is Cc1ccc(S(=O)(=O)Cl)c(C(F)F)c1[N+](=O)[O-]. The van der Waals surface area contributed by atoms with E-state index in [9.17, 15) is 27.3 Å². The van der Waals surface area contributed by atoms with E-state index in [0.29, 0.717) is 0 Å². The number of hydrogen-bond acceptors (Lipinski definition) is 4. The number of nitro groups is 1. The lowest BCUT2D eigenvalue weighted by Crippen LogP contribution is -2.05. The molecule has 0 aromatic heterocycles. The van der Waals surface area contributed by atoms with Crippen molar-refractivity contribution in [2.75, 3.05) is 0 Å². The van der Waals surface area contributed by atoms with Crippen LogP contribution >= 0.6 is 10.7 Å². The Morgan fingerprint density at radius 1 is 1.41 bits per heavy atom. The van der Waals surface area contributed by atoms with Crippen LogP contribution in [0.2, 0.25) is 0 Å². The van der Waals surface area contributed by atoms with Gasteiger partial charge in [0.05, 0.1) is 9.82 Å². The van der Waals surface area contributed by atoms with Crippen molar-refractivity contribution in [2.24, 2.45) is 0 Å². The van der Waals surface area contributed by atoms with Crippen molar-refractivity contribution in [1.82, 2.24) is 0 Å². The molecule has 0 radical (unpaired) electrons. The van der Waals surface area contributed by atoms with Crippen LogP contribution in [-0.4, -0.2) is 13.3 Å². The van der Waals surface area contributed by atoms with Gasteiger partial charge in [-0.2, -0.15) is 0 Å². The Labute approximate surface area is 99.6 Å².